The molecule has 1 heterocycles. The number of methoxy groups -OCH3 is 1. The van der Waals surface area contributed by atoms with Crippen molar-refractivity contribution in [3.8, 4) is 0 Å². The highest BCUT2D eigenvalue weighted by molar-refractivity contribution is 5.91. The van der Waals surface area contributed by atoms with Gasteiger partial charge in [-0.05, 0) is 19.3 Å². The molecule has 1 aliphatic rings. The Balaban J connectivity index is 2.98. The van der Waals surface area contributed by atoms with Gasteiger partial charge in [0.2, 0.25) is 11.8 Å². The molecule has 1 rings (SSSR count). The van der Waals surface area contributed by atoms with Crippen LogP contribution in [-0.2, 0) is 19.1 Å². The van der Waals surface area contributed by atoms with Crippen molar-refractivity contribution in [1.82, 2.24) is 9.80 Å². The van der Waals surface area contributed by atoms with Crippen molar-refractivity contribution in [1.29, 1.82) is 0 Å². The summed E-state index contributed by atoms with van der Waals surface area (Å²) in [5, 5.41) is 0. The van der Waals surface area contributed by atoms with Crippen LogP contribution in [0.15, 0.2) is 25.3 Å². The highest BCUT2D eigenvalue weighted by atomic mass is 16.5. The molecule has 6 heteroatoms. The Labute approximate surface area is 131 Å². The van der Waals surface area contributed by atoms with Gasteiger partial charge in [-0.3, -0.25) is 9.59 Å². The van der Waals surface area contributed by atoms with Crippen LogP contribution in [0.4, 0.5) is 0 Å². The van der Waals surface area contributed by atoms with Crippen LogP contribution in [0.2, 0.25) is 0 Å². The summed E-state index contributed by atoms with van der Waals surface area (Å²) in [6.45, 7) is 9.35. The van der Waals surface area contributed by atoms with Crippen LogP contribution in [0, 0.1) is 0 Å². The third-order valence-electron chi connectivity index (χ3n) is 3.96. The largest absolute Gasteiger partial charge is 0.467 e. The minimum Gasteiger partial charge on any atom is -0.467 e. The predicted molar refractivity (Wildman–Crippen MR) is 83.0 cm³/mol. The van der Waals surface area contributed by atoms with Crippen molar-refractivity contribution in [3.63, 3.8) is 0 Å². The van der Waals surface area contributed by atoms with Crippen LogP contribution in [0.5, 0.6) is 0 Å². The van der Waals surface area contributed by atoms with Gasteiger partial charge < -0.3 is 14.5 Å². The number of likely N-dealkylation sites (tertiary alicyclic amines) is 1. The average molecular weight is 308 g/mol. The molecule has 1 aliphatic heterocycles. The Morgan fingerprint density at radius 1 is 1.32 bits per heavy atom. The SMILES string of the molecule is C=CCN(CC(=O)N1CCC[C@@]1(CC=C)C(=O)OC)C(C)=O. The summed E-state index contributed by atoms with van der Waals surface area (Å²) in [7, 11) is 1.31. The van der Waals surface area contributed by atoms with Crippen LogP contribution in [0.3, 0.4) is 0 Å². The van der Waals surface area contributed by atoms with E-state index in [9.17, 15) is 14.4 Å². The molecular formula is C16H24N2O4. The van der Waals surface area contributed by atoms with E-state index in [-0.39, 0.29) is 18.4 Å². The summed E-state index contributed by atoms with van der Waals surface area (Å²) in [6.07, 6.45) is 4.78. The number of esters is 1. The molecule has 6 nitrogen and oxygen atoms in total. The minimum absolute atomic E-state index is 0.0722. The number of nitrogens with zero attached hydrogens (tertiary/aromatic N) is 2. The van der Waals surface area contributed by atoms with Gasteiger partial charge in [0.25, 0.3) is 0 Å². The van der Waals surface area contributed by atoms with Gasteiger partial charge in [-0.1, -0.05) is 12.2 Å². The molecule has 0 saturated carbocycles. The van der Waals surface area contributed by atoms with Crippen molar-refractivity contribution in [3.05, 3.63) is 25.3 Å². The summed E-state index contributed by atoms with van der Waals surface area (Å²) in [5.74, 6) is -0.905. The molecular weight excluding hydrogens is 284 g/mol. The fraction of sp³-hybridized carbons (Fsp3) is 0.562. The summed E-state index contributed by atoms with van der Waals surface area (Å²) < 4.78 is 4.89. The van der Waals surface area contributed by atoms with Gasteiger partial charge in [0.1, 0.15) is 12.1 Å². The van der Waals surface area contributed by atoms with Crippen LogP contribution >= 0.6 is 0 Å². The molecule has 0 spiro atoms. The van der Waals surface area contributed by atoms with E-state index in [4.69, 9.17) is 4.74 Å². The van der Waals surface area contributed by atoms with Crippen LogP contribution in [0.1, 0.15) is 26.2 Å². The fourth-order valence-electron chi connectivity index (χ4n) is 2.89. The number of hydrogen-bond donors (Lipinski definition) is 0. The molecule has 2 amide bonds. The molecule has 1 fully saturated rings. The second-order valence-electron chi connectivity index (χ2n) is 5.35. The van der Waals surface area contributed by atoms with Gasteiger partial charge in [-0.2, -0.15) is 0 Å². The highest BCUT2D eigenvalue weighted by Crippen LogP contribution is 2.34. The molecule has 0 aromatic carbocycles. The molecule has 0 bridgehead atoms. The van der Waals surface area contributed by atoms with Gasteiger partial charge in [0.05, 0.1) is 7.11 Å². The van der Waals surface area contributed by atoms with E-state index in [0.29, 0.717) is 25.9 Å². The van der Waals surface area contributed by atoms with Crippen LogP contribution in [0.25, 0.3) is 0 Å². The summed E-state index contributed by atoms with van der Waals surface area (Å²) >= 11 is 0. The number of carbonyl (C=O) groups excluding carboxylic acids is 3. The standard InChI is InChI=1S/C16H24N2O4/c1-5-8-16(15(21)22-4)9-7-11-18(16)14(20)12-17(10-6-2)13(3)19/h5-6H,1-2,7-12H2,3-4H3/t16-/m0/s1. The molecule has 22 heavy (non-hydrogen) atoms. The number of carbonyl (C=O) groups is 3. The second kappa shape index (κ2) is 7.77. The smallest absolute Gasteiger partial charge is 0.332 e. The Kier molecular flexibility index (Phi) is 6.34. The molecule has 0 aromatic heterocycles. The van der Waals surface area contributed by atoms with E-state index >= 15 is 0 Å². The maximum Gasteiger partial charge on any atom is 0.332 e. The highest BCUT2D eigenvalue weighted by Gasteiger charge is 2.49. The first-order valence-corrected chi connectivity index (χ1v) is 7.29. The van der Waals surface area contributed by atoms with Gasteiger partial charge in [0, 0.05) is 20.0 Å². The fourth-order valence-corrected chi connectivity index (χ4v) is 2.89. The van der Waals surface area contributed by atoms with Gasteiger partial charge in [-0.25, -0.2) is 4.79 Å². The average Bonchev–Trinajstić information content (AvgIpc) is 2.91. The third-order valence-corrected chi connectivity index (χ3v) is 3.96. The van der Waals surface area contributed by atoms with Crippen molar-refractivity contribution < 1.29 is 19.1 Å². The first-order chi connectivity index (χ1) is 10.4. The Hall–Kier alpha value is -2.11. The summed E-state index contributed by atoms with van der Waals surface area (Å²) in [6, 6.07) is 0. The van der Waals surface area contributed by atoms with Crippen molar-refractivity contribution >= 4 is 17.8 Å². The molecule has 0 N–H and O–H groups in total. The lowest BCUT2D eigenvalue weighted by atomic mass is 9.92. The Bertz CT molecular complexity index is 475. The normalized spacial score (nSPS) is 20.4. The number of ether oxygens (including phenoxy) is 1. The topological polar surface area (TPSA) is 66.9 Å². The van der Waals surface area contributed by atoms with Gasteiger partial charge in [-0.15, -0.1) is 13.2 Å². The van der Waals surface area contributed by atoms with Crippen molar-refractivity contribution in [2.75, 3.05) is 26.7 Å². The van der Waals surface area contributed by atoms with E-state index in [2.05, 4.69) is 13.2 Å². The van der Waals surface area contributed by atoms with Crippen LogP contribution < -0.4 is 0 Å². The second-order valence-corrected chi connectivity index (χ2v) is 5.35. The number of amides is 2. The third kappa shape index (κ3) is 3.55. The lowest BCUT2D eigenvalue weighted by Crippen LogP contribution is -2.55. The molecule has 0 unspecified atom stereocenters. The lowest BCUT2D eigenvalue weighted by Gasteiger charge is -2.36. The minimum atomic E-state index is -0.996. The summed E-state index contributed by atoms with van der Waals surface area (Å²) in [4.78, 5) is 39.3. The first-order valence-electron chi connectivity index (χ1n) is 7.29. The molecule has 122 valence electrons. The lowest BCUT2D eigenvalue weighted by molar-refractivity contribution is -0.160. The Morgan fingerprint density at radius 3 is 2.50 bits per heavy atom. The molecule has 1 atom stereocenters. The van der Waals surface area contributed by atoms with E-state index in [1.807, 2.05) is 0 Å². The van der Waals surface area contributed by atoms with Gasteiger partial charge >= 0.3 is 5.97 Å². The number of rotatable bonds is 7. The van der Waals surface area contributed by atoms with Crippen LogP contribution in [-0.4, -0.2) is 59.9 Å². The summed E-state index contributed by atoms with van der Waals surface area (Å²) in [5.41, 5.74) is -0.996. The van der Waals surface area contributed by atoms with E-state index in [1.165, 1.54) is 23.8 Å². The first kappa shape index (κ1) is 17.9. The molecule has 0 aromatic rings. The van der Waals surface area contributed by atoms with E-state index < -0.39 is 11.5 Å². The quantitative estimate of drug-likeness (QED) is 0.522. The van der Waals surface area contributed by atoms with Crippen molar-refractivity contribution in [2.45, 2.75) is 31.7 Å². The van der Waals surface area contributed by atoms with Crippen molar-refractivity contribution in [2.24, 2.45) is 0 Å². The maximum absolute atomic E-state index is 12.6. The van der Waals surface area contributed by atoms with E-state index in [0.717, 1.165) is 6.42 Å². The Morgan fingerprint density at radius 2 is 2.00 bits per heavy atom. The number of hydrogen-bond acceptors (Lipinski definition) is 4. The zero-order valence-electron chi connectivity index (χ0n) is 13.3. The molecule has 0 aliphatic carbocycles. The molecule has 0 radical (unpaired) electrons. The van der Waals surface area contributed by atoms with Gasteiger partial charge in [0.15, 0.2) is 0 Å². The molecule has 1 saturated heterocycles. The monoisotopic (exact) mass is 308 g/mol. The zero-order valence-corrected chi connectivity index (χ0v) is 13.3. The predicted octanol–water partition coefficient (Wildman–Crippen LogP) is 1.13. The zero-order chi connectivity index (χ0) is 16.8. The maximum atomic E-state index is 12.6. The van der Waals surface area contributed by atoms with E-state index in [1.54, 1.807) is 12.2 Å².